The van der Waals surface area contributed by atoms with Crippen molar-refractivity contribution >= 4 is 5.69 Å². The van der Waals surface area contributed by atoms with Crippen molar-refractivity contribution in [3.8, 4) is 11.4 Å². The van der Waals surface area contributed by atoms with Gasteiger partial charge in [-0.3, -0.25) is 5.10 Å². The number of nitrogens with zero attached hydrogens (tertiary/aromatic N) is 4. The van der Waals surface area contributed by atoms with E-state index in [1.54, 1.807) is 12.5 Å². The zero-order valence-electron chi connectivity index (χ0n) is 9.61. The fourth-order valence-electron chi connectivity index (χ4n) is 1.74. The van der Waals surface area contributed by atoms with Gasteiger partial charge in [0.1, 0.15) is 5.82 Å². The highest BCUT2D eigenvalue weighted by molar-refractivity contribution is 5.70. The number of nitrogens with one attached hydrogen (secondary N) is 1. The molecule has 0 atom stereocenters. The van der Waals surface area contributed by atoms with E-state index in [0.29, 0.717) is 18.1 Å². The van der Waals surface area contributed by atoms with E-state index >= 15 is 0 Å². The van der Waals surface area contributed by atoms with E-state index in [4.69, 9.17) is 5.73 Å². The van der Waals surface area contributed by atoms with Gasteiger partial charge < -0.3 is 10.3 Å². The van der Waals surface area contributed by atoms with Crippen LogP contribution >= 0.6 is 0 Å². The monoisotopic (exact) mass is 240 g/mol. The molecule has 1 aromatic carbocycles. The highest BCUT2D eigenvalue weighted by Crippen LogP contribution is 2.21. The fraction of sp³-hybridized carbons (Fsp3) is 0.0833. The number of imidazole rings is 1. The van der Waals surface area contributed by atoms with Crippen LogP contribution in [0.2, 0.25) is 0 Å². The van der Waals surface area contributed by atoms with Crippen molar-refractivity contribution in [2.24, 2.45) is 0 Å². The zero-order chi connectivity index (χ0) is 12.4. The highest BCUT2D eigenvalue weighted by atomic mass is 15.2. The lowest BCUT2D eigenvalue weighted by Crippen LogP contribution is -1.98. The Morgan fingerprint density at radius 2 is 2.17 bits per heavy atom. The summed E-state index contributed by atoms with van der Waals surface area (Å²) >= 11 is 0. The molecule has 0 fully saturated rings. The van der Waals surface area contributed by atoms with Gasteiger partial charge in [-0.05, 0) is 12.1 Å². The van der Waals surface area contributed by atoms with Crippen LogP contribution < -0.4 is 5.73 Å². The van der Waals surface area contributed by atoms with Crippen molar-refractivity contribution < 1.29 is 0 Å². The number of rotatable bonds is 3. The first kappa shape index (κ1) is 10.5. The van der Waals surface area contributed by atoms with Gasteiger partial charge in [-0.15, -0.1) is 0 Å². The molecule has 2 heterocycles. The number of aromatic nitrogens is 5. The number of H-pyrrole nitrogens is 1. The molecular weight excluding hydrogens is 228 g/mol. The lowest BCUT2D eigenvalue weighted by molar-refractivity contribution is 0.747. The number of benzene rings is 1. The molecule has 0 radical (unpaired) electrons. The van der Waals surface area contributed by atoms with Crippen LogP contribution in [0.1, 0.15) is 5.82 Å². The minimum Gasteiger partial charge on any atom is -0.398 e. The van der Waals surface area contributed by atoms with Gasteiger partial charge in [0.15, 0.2) is 5.82 Å². The molecule has 0 saturated heterocycles. The quantitative estimate of drug-likeness (QED) is 0.676. The topological polar surface area (TPSA) is 85.4 Å². The van der Waals surface area contributed by atoms with Crippen LogP contribution in [0, 0.1) is 0 Å². The summed E-state index contributed by atoms with van der Waals surface area (Å²) in [6, 6.07) is 7.54. The number of nitrogens with two attached hydrogens (primary N) is 1. The Bertz CT molecular complexity index is 640. The third kappa shape index (κ3) is 1.95. The van der Waals surface area contributed by atoms with Crippen LogP contribution in [-0.2, 0) is 6.54 Å². The maximum Gasteiger partial charge on any atom is 0.183 e. The Morgan fingerprint density at radius 3 is 2.94 bits per heavy atom. The fourth-order valence-corrected chi connectivity index (χ4v) is 1.74. The average Bonchev–Trinajstić information content (AvgIpc) is 3.02. The third-order valence-corrected chi connectivity index (χ3v) is 2.62. The Hall–Kier alpha value is -2.63. The minimum atomic E-state index is 0.611. The molecule has 6 nitrogen and oxygen atoms in total. The maximum atomic E-state index is 5.89. The second-order valence-corrected chi connectivity index (χ2v) is 3.93. The van der Waals surface area contributed by atoms with Crippen molar-refractivity contribution in [2.75, 3.05) is 5.73 Å². The van der Waals surface area contributed by atoms with Gasteiger partial charge >= 0.3 is 0 Å². The Kier molecular flexibility index (Phi) is 2.53. The number of nitrogen functional groups attached to an aromatic ring is 1. The molecule has 0 aliphatic rings. The van der Waals surface area contributed by atoms with Crippen molar-refractivity contribution in [1.82, 2.24) is 24.7 Å². The first-order valence-corrected chi connectivity index (χ1v) is 5.55. The Balaban J connectivity index is 1.88. The van der Waals surface area contributed by atoms with E-state index in [1.165, 1.54) is 0 Å². The molecule has 0 spiro atoms. The van der Waals surface area contributed by atoms with Gasteiger partial charge in [0, 0.05) is 23.6 Å². The van der Waals surface area contributed by atoms with Gasteiger partial charge in [-0.2, -0.15) is 5.10 Å². The third-order valence-electron chi connectivity index (χ3n) is 2.62. The van der Waals surface area contributed by atoms with Gasteiger partial charge in [0.05, 0.1) is 12.9 Å². The van der Waals surface area contributed by atoms with E-state index in [9.17, 15) is 0 Å². The molecule has 3 aromatic rings. The Morgan fingerprint density at radius 1 is 1.28 bits per heavy atom. The summed E-state index contributed by atoms with van der Waals surface area (Å²) in [5.74, 6) is 1.38. The largest absolute Gasteiger partial charge is 0.398 e. The summed E-state index contributed by atoms with van der Waals surface area (Å²) in [4.78, 5) is 8.40. The summed E-state index contributed by atoms with van der Waals surface area (Å²) in [5, 5.41) is 7.08. The molecule has 18 heavy (non-hydrogen) atoms. The van der Waals surface area contributed by atoms with Crippen molar-refractivity contribution in [3.63, 3.8) is 0 Å². The maximum absolute atomic E-state index is 5.89. The predicted molar refractivity (Wildman–Crippen MR) is 67.6 cm³/mol. The van der Waals surface area contributed by atoms with Crippen LogP contribution in [0.3, 0.4) is 0 Å². The number of para-hydroxylation sites is 1. The van der Waals surface area contributed by atoms with Crippen molar-refractivity contribution in [1.29, 1.82) is 0 Å². The van der Waals surface area contributed by atoms with E-state index in [2.05, 4.69) is 20.2 Å². The molecule has 0 unspecified atom stereocenters. The lowest BCUT2D eigenvalue weighted by atomic mass is 10.2. The molecule has 3 N–H and O–H groups in total. The second-order valence-electron chi connectivity index (χ2n) is 3.93. The molecule has 0 bridgehead atoms. The zero-order valence-corrected chi connectivity index (χ0v) is 9.61. The van der Waals surface area contributed by atoms with Crippen LogP contribution in [0.4, 0.5) is 5.69 Å². The first-order valence-electron chi connectivity index (χ1n) is 5.55. The standard InChI is InChI=1S/C12H12N6/c13-10-4-2-1-3-9(10)12-15-11(16-17-12)7-18-6-5-14-8-18/h1-6,8H,7,13H2,(H,15,16,17). The molecule has 90 valence electrons. The van der Waals surface area contributed by atoms with Crippen LogP contribution in [-0.4, -0.2) is 24.7 Å². The SMILES string of the molecule is Nc1ccccc1-c1n[nH]c(Cn2ccnc2)n1. The summed E-state index contributed by atoms with van der Waals surface area (Å²) in [5.41, 5.74) is 7.40. The normalized spacial score (nSPS) is 10.7. The van der Waals surface area contributed by atoms with Gasteiger partial charge in [0.2, 0.25) is 0 Å². The summed E-state index contributed by atoms with van der Waals surface area (Å²) < 4.78 is 1.92. The number of anilines is 1. The molecule has 0 aliphatic heterocycles. The molecule has 3 rings (SSSR count). The van der Waals surface area contributed by atoms with E-state index in [1.807, 2.05) is 35.0 Å². The average molecular weight is 240 g/mol. The molecule has 0 amide bonds. The van der Waals surface area contributed by atoms with Crippen LogP contribution in [0.25, 0.3) is 11.4 Å². The first-order chi connectivity index (χ1) is 8.83. The summed E-state index contributed by atoms with van der Waals surface area (Å²) in [7, 11) is 0. The predicted octanol–water partition coefficient (Wildman–Crippen LogP) is 1.30. The number of hydrogen-bond donors (Lipinski definition) is 2. The van der Waals surface area contributed by atoms with Crippen molar-refractivity contribution in [3.05, 3.63) is 48.8 Å². The van der Waals surface area contributed by atoms with Gasteiger partial charge in [0.25, 0.3) is 0 Å². The molecule has 0 aliphatic carbocycles. The molecular formula is C12H12N6. The highest BCUT2D eigenvalue weighted by Gasteiger charge is 2.08. The van der Waals surface area contributed by atoms with E-state index in [0.717, 1.165) is 11.4 Å². The Labute approximate surface area is 104 Å². The van der Waals surface area contributed by atoms with E-state index in [-0.39, 0.29) is 0 Å². The molecule has 2 aromatic heterocycles. The van der Waals surface area contributed by atoms with Gasteiger partial charge in [-0.1, -0.05) is 12.1 Å². The number of aromatic amines is 1. The molecule has 6 heteroatoms. The number of hydrogen-bond acceptors (Lipinski definition) is 4. The molecule has 0 saturated carbocycles. The summed E-state index contributed by atoms with van der Waals surface area (Å²) in [6.07, 6.45) is 5.34. The van der Waals surface area contributed by atoms with E-state index < -0.39 is 0 Å². The second kappa shape index (κ2) is 4.33. The lowest BCUT2D eigenvalue weighted by Gasteiger charge is -1.99. The summed E-state index contributed by atoms with van der Waals surface area (Å²) in [6.45, 7) is 0.611. The van der Waals surface area contributed by atoms with Crippen LogP contribution in [0.15, 0.2) is 43.0 Å². The van der Waals surface area contributed by atoms with Crippen molar-refractivity contribution in [2.45, 2.75) is 6.54 Å². The van der Waals surface area contributed by atoms with Crippen LogP contribution in [0.5, 0.6) is 0 Å². The smallest absolute Gasteiger partial charge is 0.183 e. The minimum absolute atomic E-state index is 0.611. The van der Waals surface area contributed by atoms with Gasteiger partial charge in [-0.25, -0.2) is 9.97 Å².